The van der Waals surface area contributed by atoms with Crippen LogP contribution in [0.1, 0.15) is 59.3 Å². The number of para-hydroxylation sites is 1. The summed E-state index contributed by atoms with van der Waals surface area (Å²) < 4.78 is -0.625. The summed E-state index contributed by atoms with van der Waals surface area (Å²) >= 11 is 1.67. The molecule has 2 unspecified atom stereocenters. The maximum absolute atomic E-state index is 14.1. The number of thioether (sulfide) groups is 1. The van der Waals surface area contributed by atoms with Gasteiger partial charge in [-0.05, 0) is 43.7 Å². The fraction of sp³-hybridized carbons (Fsp3) is 0.667. The summed E-state index contributed by atoms with van der Waals surface area (Å²) in [7, 11) is 0. The lowest BCUT2D eigenvalue weighted by Crippen LogP contribution is -2.56. The summed E-state index contributed by atoms with van der Waals surface area (Å²) in [6.45, 7) is 6.61. The Morgan fingerprint density at radius 3 is 2.60 bits per heavy atom. The molecule has 7 nitrogen and oxygen atoms in total. The van der Waals surface area contributed by atoms with Crippen molar-refractivity contribution in [2.24, 2.45) is 17.8 Å². The lowest BCUT2D eigenvalue weighted by molar-refractivity contribution is -0.142. The Balaban J connectivity index is 1.65. The van der Waals surface area contributed by atoms with Gasteiger partial charge in [-0.15, -0.1) is 11.8 Å². The van der Waals surface area contributed by atoms with Crippen molar-refractivity contribution in [1.82, 2.24) is 10.2 Å². The number of amides is 3. The maximum Gasteiger partial charge on any atom is 0.244 e. The van der Waals surface area contributed by atoms with Crippen LogP contribution < -0.4 is 10.6 Å². The molecule has 3 heterocycles. The van der Waals surface area contributed by atoms with Crippen LogP contribution >= 0.6 is 11.8 Å². The Hall–Kier alpha value is -2.06. The van der Waals surface area contributed by atoms with E-state index >= 15 is 0 Å². The zero-order chi connectivity index (χ0) is 25.2. The Bertz CT molecular complexity index is 926. The molecule has 3 aliphatic heterocycles. The number of aliphatic hydroxyl groups excluding tert-OH is 1. The molecule has 8 heteroatoms. The Labute approximate surface area is 212 Å². The van der Waals surface area contributed by atoms with E-state index in [0.29, 0.717) is 18.7 Å². The van der Waals surface area contributed by atoms with Crippen LogP contribution in [-0.2, 0) is 14.4 Å². The van der Waals surface area contributed by atoms with E-state index in [-0.39, 0.29) is 35.5 Å². The molecule has 0 aliphatic carbocycles. The molecule has 0 saturated carbocycles. The van der Waals surface area contributed by atoms with Crippen LogP contribution in [0.25, 0.3) is 0 Å². The van der Waals surface area contributed by atoms with E-state index in [4.69, 9.17) is 0 Å². The van der Waals surface area contributed by atoms with Crippen molar-refractivity contribution in [2.75, 3.05) is 18.5 Å². The van der Waals surface area contributed by atoms with Crippen LogP contribution in [0.5, 0.6) is 0 Å². The lowest BCUT2D eigenvalue weighted by Gasteiger charge is -2.37. The van der Waals surface area contributed by atoms with Gasteiger partial charge in [-0.2, -0.15) is 0 Å². The highest BCUT2D eigenvalue weighted by Crippen LogP contribution is 2.66. The minimum absolute atomic E-state index is 0.0166. The minimum Gasteiger partial charge on any atom is -0.394 e. The summed E-state index contributed by atoms with van der Waals surface area (Å²) in [4.78, 5) is 42.9. The molecule has 4 rings (SSSR count). The van der Waals surface area contributed by atoms with Crippen LogP contribution in [0, 0.1) is 17.8 Å². The molecule has 3 N–H and O–H groups in total. The lowest BCUT2D eigenvalue weighted by atomic mass is 9.70. The molecule has 3 fully saturated rings. The van der Waals surface area contributed by atoms with Crippen LogP contribution in [0.15, 0.2) is 30.3 Å². The van der Waals surface area contributed by atoms with Crippen LogP contribution in [0.4, 0.5) is 5.69 Å². The van der Waals surface area contributed by atoms with E-state index in [1.54, 1.807) is 16.7 Å². The topological polar surface area (TPSA) is 98.7 Å². The first kappa shape index (κ1) is 26.0. The van der Waals surface area contributed by atoms with Gasteiger partial charge in [0.05, 0.1) is 29.2 Å². The summed E-state index contributed by atoms with van der Waals surface area (Å²) in [5, 5.41) is 16.4. The number of hydrogen-bond acceptors (Lipinski definition) is 5. The van der Waals surface area contributed by atoms with E-state index in [2.05, 4.69) is 31.4 Å². The molecule has 35 heavy (non-hydrogen) atoms. The summed E-state index contributed by atoms with van der Waals surface area (Å²) in [6.07, 6.45) is 5.14. The summed E-state index contributed by atoms with van der Waals surface area (Å²) in [5.41, 5.74) is 0.708. The van der Waals surface area contributed by atoms with Crippen LogP contribution in [-0.4, -0.2) is 63.0 Å². The Kier molecular flexibility index (Phi) is 8.11. The van der Waals surface area contributed by atoms with Gasteiger partial charge in [0.15, 0.2) is 0 Å². The number of aliphatic hydroxyl groups is 1. The number of benzene rings is 1. The largest absolute Gasteiger partial charge is 0.394 e. The summed E-state index contributed by atoms with van der Waals surface area (Å²) in [6, 6.07) is 8.21. The highest BCUT2D eigenvalue weighted by Gasteiger charge is 2.74. The molecule has 1 aromatic carbocycles. The molecule has 0 aromatic heterocycles. The van der Waals surface area contributed by atoms with Gasteiger partial charge < -0.3 is 20.6 Å². The number of rotatable bonds is 11. The van der Waals surface area contributed by atoms with E-state index in [9.17, 15) is 19.5 Å². The first-order valence-corrected chi connectivity index (χ1v) is 14.0. The van der Waals surface area contributed by atoms with Crippen molar-refractivity contribution in [3.63, 3.8) is 0 Å². The standard InChI is InChI=1S/C27H39N3O4S/c1-4-5-9-14-28-25(33)23-27-13-12-20(35-27)21(24(32)29-18-10-7-6-8-11-18)22(27)26(34)30(23)19(16-31)15-17(2)3/h6-8,10-11,17,19-23,31H,4-5,9,12-16H2,1-3H3,(H,28,33)(H,29,32)/t19-,20+,21-,22+,23?,27?/m1/s1. The average molecular weight is 502 g/mol. The second kappa shape index (κ2) is 10.9. The molecule has 3 amide bonds. The van der Waals surface area contributed by atoms with Crippen molar-refractivity contribution in [3.8, 4) is 0 Å². The zero-order valence-corrected chi connectivity index (χ0v) is 21.9. The van der Waals surface area contributed by atoms with Gasteiger partial charge in [0.1, 0.15) is 6.04 Å². The maximum atomic E-state index is 14.1. The van der Waals surface area contributed by atoms with E-state index in [1.165, 1.54) is 0 Å². The highest BCUT2D eigenvalue weighted by molar-refractivity contribution is 8.02. The van der Waals surface area contributed by atoms with Crippen molar-refractivity contribution in [2.45, 2.75) is 81.4 Å². The highest BCUT2D eigenvalue weighted by atomic mass is 32.2. The van der Waals surface area contributed by atoms with Crippen LogP contribution in [0.2, 0.25) is 0 Å². The van der Waals surface area contributed by atoms with Gasteiger partial charge >= 0.3 is 0 Å². The SMILES string of the molecule is CCCCCNC(=O)C1N([C@@H](CO)CC(C)C)C(=O)[C@@H]2[C@H](C(=O)Nc3ccccc3)[C@@H]3CCC12S3. The van der Waals surface area contributed by atoms with Crippen molar-refractivity contribution >= 4 is 35.2 Å². The number of likely N-dealkylation sites (tertiary alicyclic amines) is 1. The molecule has 3 aliphatic rings. The van der Waals surface area contributed by atoms with Gasteiger partial charge in [-0.3, -0.25) is 14.4 Å². The van der Waals surface area contributed by atoms with Crippen molar-refractivity contribution < 1.29 is 19.5 Å². The first-order valence-electron chi connectivity index (χ1n) is 13.1. The van der Waals surface area contributed by atoms with Crippen LogP contribution in [0.3, 0.4) is 0 Å². The molecule has 3 saturated heterocycles. The third kappa shape index (κ3) is 4.84. The molecular formula is C27H39N3O4S. The number of nitrogens with one attached hydrogen (secondary N) is 2. The molecule has 1 spiro atoms. The molecule has 192 valence electrons. The number of hydrogen-bond donors (Lipinski definition) is 3. The van der Waals surface area contributed by atoms with E-state index < -0.39 is 28.7 Å². The minimum atomic E-state index is -0.665. The van der Waals surface area contributed by atoms with Gasteiger partial charge in [-0.1, -0.05) is 51.8 Å². The number of fused-ring (bicyclic) bond motifs is 1. The Morgan fingerprint density at radius 1 is 1.20 bits per heavy atom. The van der Waals surface area contributed by atoms with E-state index in [0.717, 1.165) is 32.1 Å². The van der Waals surface area contributed by atoms with Gasteiger partial charge in [0, 0.05) is 17.5 Å². The fourth-order valence-electron chi connectivity index (χ4n) is 6.33. The van der Waals surface area contributed by atoms with Gasteiger partial charge in [-0.25, -0.2) is 0 Å². The van der Waals surface area contributed by atoms with E-state index in [1.807, 2.05) is 30.3 Å². The normalized spacial score (nSPS) is 30.0. The third-order valence-corrected chi connectivity index (χ3v) is 9.71. The first-order chi connectivity index (χ1) is 16.8. The number of nitrogens with zero attached hydrogens (tertiary/aromatic N) is 1. The number of unbranched alkanes of at least 4 members (excludes halogenated alkanes) is 2. The number of anilines is 1. The monoisotopic (exact) mass is 501 g/mol. The predicted molar refractivity (Wildman–Crippen MR) is 139 cm³/mol. The smallest absolute Gasteiger partial charge is 0.244 e. The van der Waals surface area contributed by atoms with Gasteiger partial charge in [0.25, 0.3) is 0 Å². The second-order valence-electron chi connectivity index (χ2n) is 10.6. The third-order valence-electron chi connectivity index (χ3n) is 7.76. The molecule has 1 aromatic rings. The van der Waals surface area contributed by atoms with Crippen molar-refractivity contribution in [3.05, 3.63) is 30.3 Å². The molecule has 6 atom stereocenters. The van der Waals surface area contributed by atoms with Crippen molar-refractivity contribution in [1.29, 1.82) is 0 Å². The Morgan fingerprint density at radius 2 is 1.94 bits per heavy atom. The summed E-state index contributed by atoms with van der Waals surface area (Å²) in [5.74, 6) is -1.23. The molecule has 2 bridgehead atoms. The molecular weight excluding hydrogens is 462 g/mol. The number of carbonyl (C=O) groups excluding carboxylic acids is 3. The second-order valence-corrected chi connectivity index (χ2v) is 12.2. The number of carbonyl (C=O) groups is 3. The quantitative estimate of drug-likeness (QED) is 0.404. The average Bonchev–Trinajstić information content (AvgIpc) is 3.48. The fourth-order valence-corrected chi connectivity index (χ4v) is 8.54. The molecule has 0 radical (unpaired) electrons. The van der Waals surface area contributed by atoms with Gasteiger partial charge in [0.2, 0.25) is 17.7 Å². The zero-order valence-electron chi connectivity index (χ0n) is 21.0. The predicted octanol–water partition coefficient (Wildman–Crippen LogP) is 3.43.